The third-order valence-electron chi connectivity index (χ3n) is 2.86. The van der Waals surface area contributed by atoms with Crippen molar-refractivity contribution in [2.45, 2.75) is 20.3 Å². The van der Waals surface area contributed by atoms with Crippen molar-refractivity contribution in [3.05, 3.63) is 59.4 Å². The van der Waals surface area contributed by atoms with Gasteiger partial charge in [0.15, 0.2) is 0 Å². The molecular weight excluding hydrogens is 224 g/mol. The highest BCUT2D eigenvalue weighted by molar-refractivity contribution is 5.93. The van der Waals surface area contributed by atoms with E-state index >= 15 is 0 Å². The van der Waals surface area contributed by atoms with E-state index in [0.717, 1.165) is 22.4 Å². The van der Waals surface area contributed by atoms with Gasteiger partial charge in [0.1, 0.15) is 0 Å². The van der Waals surface area contributed by atoms with Gasteiger partial charge in [-0.2, -0.15) is 0 Å². The van der Waals surface area contributed by atoms with Gasteiger partial charge in [-0.3, -0.25) is 9.78 Å². The third-order valence-corrected chi connectivity index (χ3v) is 2.86. The van der Waals surface area contributed by atoms with Crippen molar-refractivity contribution < 1.29 is 4.79 Å². The SMILES string of the molecule is Cc1cccc(C)c1NC(=O)Cc1ccncc1. The maximum atomic E-state index is 12.0. The molecule has 0 aliphatic rings. The number of amides is 1. The van der Waals surface area contributed by atoms with Crippen LogP contribution in [0.25, 0.3) is 0 Å². The molecule has 18 heavy (non-hydrogen) atoms. The standard InChI is InChI=1S/C15H16N2O/c1-11-4-3-5-12(2)15(11)17-14(18)10-13-6-8-16-9-7-13/h3-9H,10H2,1-2H3,(H,17,18). The number of nitrogens with zero attached hydrogens (tertiary/aromatic N) is 1. The van der Waals surface area contributed by atoms with Gasteiger partial charge in [0, 0.05) is 18.1 Å². The van der Waals surface area contributed by atoms with Gasteiger partial charge in [0.05, 0.1) is 6.42 Å². The summed E-state index contributed by atoms with van der Waals surface area (Å²) < 4.78 is 0. The summed E-state index contributed by atoms with van der Waals surface area (Å²) in [6.45, 7) is 3.99. The van der Waals surface area contributed by atoms with Gasteiger partial charge >= 0.3 is 0 Å². The van der Waals surface area contributed by atoms with Crippen LogP contribution >= 0.6 is 0 Å². The molecule has 1 heterocycles. The lowest BCUT2D eigenvalue weighted by molar-refractivity contribution is -0.115. The Bertz CT molecular complexity index is 529. The molecular formula is C15H16N2O. The first-order valence-electron chi connectivity index (χ1n) is 5.92. The number of carbonyl (C=O) groups is 1. The molecule has 92 valence electrons. The molecule has 0 fully saturated rings. The Labute approximate surface area is 107 Å². The van der Waals surface area contributed by atoms with Crippen molar-refractivity contribution in [2.24, 2.45) is 0 Å². The monoisotopic (exact) mass is 240 g/mol. The second-order valence-corrected chi connectivity index (χ2v) is 4.35. The van der Waals surface area contributed by atoms with E-state index < -0.39 is 0 Å². The molecule has 0 bridgehead atoms. The summed E-state index contributed by atoms with van der Waals surface area (Å²) in [4.78, 5) is 15.9. The molecule has 0 aliphatic carbocycles. The van der Waals surface area contributed by atoms with Crippen molar-refractivity contribution in [2.75, 3.05) is 5.32 Å². The Kier molecular flexibility index (Phi) is 3.72. The summed E-state index contributed by atoms with van der Waals surface area (Å²) >= 11 is 0. The molecule has 0 saturated heterocycles. The minimum atomic E-state index is -0.00130. The van der Waals surface area contributed by atoms with Gasteiger partial charge in [0.2, 0.25) is 5.91 Å². The van der Waals surface area contributed by atoms with E-state index in [2.05, 4.69) is 10.3 Å². The average molecular weight is 240 g/mol. The van der Waals surface area contributed by atoms with Crippen LogP contribution < -0.4 is 5.32 Å². The highest BCUT2D eigenvalue weighted by atomic mass is 16.1. The molecule has 0 saturated carbocycles. The van der Waals surface area contributed by atoms with E-state index in [-0.39, 0.29) is 5.91 Å². The number of rotatable bonds is 3. The maximum absolute atomic E-state index is 12.0. The molecule has 0 aliphatic heterocycles. The minimum Gasteiger partial charge on any atom is -0.325 e. The first kappa shape index (κ1) is 12.3. The lowest BCUT2D eigenvalue weighted by Gasteiger charge is -2.11. The van der Waals surface area contributed by atoms with Crippen LogP contribution in [0.1, 0.15) is 16.7 Å². The largest absolute Gasteiger partial charge is 0.325 e. The first-order chi connectivity index (χ1) is 8.66. The molecule has 2 rings (SSSR count). The molecule has 1 aromatic heterocycles. The van der Waals surface area contributed by atoms with E-state index in [1.807, 2.05) is 44.2 Å². The first-order valence-corrected chi connectivity index (χ1v) is 5.92. The van der Waals surface area contributed by atoms with Crippen LogP contribution in [-0.4, -0.2) is 10.9 Å². The Morgan fingerprint density at radius 2 is 1.72 bits per heavy atom. The molecule has 3 nitrogen and oxygen atoms in total. The van der Waals surface area contributed by atoms with Crippen LogP contribution in [0.5, 0.6) is 0 Å². The predicted octanol–water partition coefficient (Wildman–Crippen LogP) is 2.88. The van der Waals surface area contributed by atoms with E-state index in [1.54, 1.807) is 12.4 Å². The Morgan fingerprint density at radius 3 is 2.33 bits per heavy atom. The highest BCUT2D eigenvalue weighted by Gasteiger charge is 2.07. The zero-order valence-corrected chi connectivity index (χ0v) is 10.6. The molecule has 3 heteroatoms. The summed E-state index contributed by atoms with van der Waals surface area (Å²) in [5.41, 5.74) is 4.04. The van der Waals surface area contributed by atoms with Crippen molar-refractivity contribution in [3.8, 4) is 0 Å². The van der Waals surface area contributed by atoms with E-state index in [1.165, 1.54) is 0 Å². The topological polar surface area (TPSA) is 42.0 Å². The van der Waals surface area contributed by atoms with Crippen LogP contribution in [0.2, 0.25) is 0 Å². The van der Waals surface area contributed by atoms with Crippen molar-refractivity contribution in [1.29, 1.82) is 0 Å². The maximum Gasteiger partial charge on any atom is 0.228 e. The van der Waals surface area contributed by atoms with Crippen LogP contribution in [-0.2, 0) is 11.2 Å². The van der Waals surface area contributed by atoms with Gasteiger partial charge < -0.3 is 5.32 Å². The summed E-state index contributed by atoms with van der Waals surface area (Å²) in [6.07, 6.45) is 3.76. The van der Waals surface area contributed by atoms with Gasteiger partial charge in [0.25, 0.3) is 0 Å². The molecule has 0 spiro atoms. The number of hydrogen-bond donors (Lipinski definition) is 1. The second-order valence-electron chi connectivity index (χ2n) is 4.35. The van der Waals surface area contributed by atoms with E-state index in [4.69, 9.17) is 0 Å². The molecule has 0 unspecified atom stereocenters. The zero-order chi connectivity index (χ0) is 13.0. The normalized spacial score (nSPS) is 10.1. The van der Waals surface area contributed by atoms with Gasteiger partial charge in [-0.25, -0.2) is 0 Å². The van der Waals surface area contributed by atoms with E-state index in [0.29, 0.717) is 6.42 Å². The van der Waals surface area contributed by atoms with Crippen LogP contribution in [0.15, 0.2) is 42.7 Å². The number of hydrogen-bond acceptors (Lipinski definition) is 2. The summed E-state index contributed by atoms with van der Waals surface area (Å²) in [7, 11) is 0. The summed E-state index contributed by atoms with van der Waals surface area (Å²) in [5, 5.41) is 2.97. The molecule has 2 aromatic rings. The highest BCUT2D eigenvalue weighted by Crippen LogP contribution is 2.19. The summed E-state index contributed by atoms with van der Waals surface area (Å²) in [5.74, 6) is -0.00130. The van der Waals surface area contributed by atoms with Gasteiger partial charge in [-0.05, 0) is 42.7 Å². The Balaban J connectivity index is 2.08. The average Bonchev–Trinajstić information content (AvgIpc) is 2.35. The third kappa shape index (κ3) is 2.94. The number of para-hydroxylation sites is 1. The van der Waals surface area contributed by atoms with Crippen LogP contribution in [0.3, 0.4) is 0 Å². The number of carbonyl (C=O) groups excluding carboxylic acids is 1. The quantitative estimate of drug-likeness (QED) is 0.896. The molecule has 1 N–H and O–H groups in total. The van der Waals surface area contributed by atoms with E-state index in [9.17, 15) is 4.79 Å². The second kappa shape index (κ2) is 5.45. The molecule has 1 amide bonds. The Hall–Kier alpha value is -2.16. The number of nitrogens with one attached hydrogen (secondary N) is 1. The predicted molar refractivity (Wildman–Crippen MR) is 72.5 cm³/mol. The number of aryl methyl sites for hydroxylation is 2. The van der Waals surface area contributed by atoms with Gasteiger partial charge in [-0.1, -0.05) is 18.2 Å². The smallest absolute Gasteiger partial charge is 0.228 e. The van der Waals surface area contributed by atoms with Crippen molar-refractivity contribution in [3.63, 3.8) is 0 Å². The number of pyridine rings is 1. The number of benzene rings is 1. The zero-order valence-electron chi connectivity index (χ0n) is 10.6. The van der Waals surface area contributed by atoms with Crippen LogP contribution in [0.4, 0.5) is 5.69 Å². The Morgan fingerprint density at radius 1 is 1.11 bits per heavy atom. The number of anilines is 1. The van der Waals surface area contributed by atoms with Crippen molar-refractivity contribution in [1.82, 2.24) is 4.98 Å². The molecule has 0 atom stereocenters. The fourth-order valence-corrected chi connectivity index (χ4v) is 1.88. The minimum absolute atomic E-state index is 0.00130. The number of aromatic nitrogens is 1. The van der Waals surface area contributed by atoms with Gasteiger partial charge in [-0.15, -0.1) is 0 Å². The fourth-order valence-electron chi connectivity index (χ4n) is 1.88. The molecule has 1 aromatic carbocycles. The molecule has 0 radical (unpaired) electrons. The fraction of sp³-hybridized carbons (Fsp3) is 0.200. The van der Waals surface area contributed by atoms with Crippen molar-refractivity contribution >= 4 is 11.6 Å². The summed E-state index contributed by atoms with van der Waals surface area (Å²) in [6, 6.07) is 9.68. The lowest BCUT2D eigenvalue weighted by atomic mass is 10.1. The lowest BCUT2D eigenvalue weighted by Crippen LogP contribution is -2.16. The van der Waals surface area contributed by atoms with Crippen LogP contribution in [0, 0.1) is 13.8 Å².